The van der Waals surface area contributed by atoms with Gasteiger partial charge in [-0.05, 0) is 13.8 Å². The second-order valence-electron chi connectivity index (χ2n) is 4.02. The Balaban J connectivity index is 2.76. The van der Waals surface area contributed by atoms with E-state index < -0.39 is 28.2 Å². The van der Waals surface area contributed by atoms with Crippen LogP contribution >= 0.6 is 0 Å². The fraction of sp³-hybridized carbons (Fsp3) is 0.600. The zero-order valence-electron chi connectivity index (χ0n) is 10.5. The molecule has 0 saturated carbocycles. The highest BCUT2D eigenvalue weighted by Crippen LogP contribution is 2.16. The monoisotopic (exact) mass is 276 g/mol. The molecule has 0 aliphatic heterocycles. The molecule has 0 amide bonds. The Morgan fingerprint density at radius 2 is 2.06 bits per heavy atom. The van der Waals surface area contributed by atoms with E-state index in [0.29, 0.717) is 17.0 Å². The molecule has 0 radical (unpaired) electrons. The lowest BCUT2D eigenvalue weighted by Crippen LogP contribution is -2.30. The average molecular weight is 276 g/mol. The Morgan fingerprint density at radius 1 is 1.44 bits per heavy atom. The van der Waals surface area contributed by atoms with Crippen LogP contribution in [0.25, 0.3) is 0 Å². The third kappa shape index (κ3) is 3.54. The number of carbonyl (C=O) groups is 1. The molecule has 0 unspecified atom stereocenters. The van der Waals surface area contributed by atoms with Crippen LogP contribution in [0.5, 0.6) is 0 Å². The molecule has 8 heteroatoms. The van der Waals surface area contributed by atoms with Gasteiger partial charge in [-0.1, -0.05) is 5.16 Å². The van der Waals surface area contributed by atoms with E-state index in [-0.39, 0.29) is 6.54 Å². The van der Waals surface area contributed by atoms with Crippen molar-refractivity contribution in [1.82, 2.24) is 9.46 Å². The molecule has 18 heavy (non-hydrogen) atoms. The second kappa shape index (κ2) is 5.49. The molecule has 1 N–H and O–H groups in total. The van der Waals surface area contributed by atoms with Crippen LogP contribution in [0.3, 0.4) is 0 Å². The van der Waals surface area contributed by atoms with Crippen molar-refractivity contribution in [3.63, 3.8) is 0 Å². The van der Waals surface area contributed by atoms with Crippen LogP contribution in [0.2, 0.25) is 0 Å². The number of aryl methyl sites for hydroxylation is 2. The molecular formula is C10H16N2O5S. The Hall–Kier alpha value is -1.41. The predicted octanol–water partition coefficient (Wildman–Crippen LogP) is 0.528. The number of aliphatic carboxylic acids is 1. The molecule has 0 spiro atoms. The Kier molecular flexibility index (Phi) is 4.47. The van der Waals surface area contributed by atoms with Crippen molar-refractivity contribution >= 4 is 16.0 Å². The quantitative estimate of drug-likeness (QED) is 0.813. The van der Waals surface area contributed by atoms with Crippen LogP contribution in [0, 0.1) is 13.8 Å². The highest BCUT2D eigenvalue weighted by atomic mass is 32.2. The lowest BCUT2D eigenvalue weighted by atomic mass is 10.2. The molecule has 0 saturated heterocycles. The summed E-state index contributed by atoms with van der Waals surface area (Å²) in [6.45, 7) is 3.56. The summed E-state index contributed by atoms with van der Waals surface area (Å²) < 4.78 is 29.6. The molecule has 0 aromatic carbocycles. The minimum atomic E-state index is -3.58. The van der Waals surface area contributed by atoms with E-state index in [4.69, 9.17) is 9.63 Å². The lowest BCUT2D eigenvalue weighted by Gasteiger charge is -2.16. The second-order valence-corrected chi connectivity index (χ2v) is 6.21. The molecule has 1 heterocycles. The molecule has 102 valence electrons. The summed E-state index contributed by atoms with van der Waals surface area (Å²) in [4.78, 5) is 10.4. The first kappa shape index (κ1) is 14.7. The zero-order valence-corrected chi connectivity index (χ0v) is 11.3. The summed E-state index contributed by atoms with van der Waals surface area (Å²) in [6.07, 6.45) is -0.408. The van der Waals surface area contributed by atoms with Gasteiger partial charge in [0.2, 0.25) is 10.0 Å². The number of sulfonamides is 1. The van der Waals surface area contributed by atoms with Crippen LogP contribution < -0.4 is 0 Å². The van der Waals surface area contributed by atoms with E-state index in [2.05, 4.69) is 5.16 Å². The standard InChI is InChI=1S/C10H16N2O5S/c1-7-9(8(2)17-11-7)6-12(3)18(15,16)5-4-10(13)14/h4-6H2,1-3H3,(H,13,14). The van der Waals surface area contributed by atoms with E-state index >= 15 is 0 Å². The molecule has 0 aliphatic rings. The SMILES string of the molecule is Cc1noc(C)c1CN(C)S(=O)(=O)CCC(=O)O. The van der Waals surface area contributed by atoms with Crippen molar-refractivity contribution in [3.05, 3.63) is 17.0 Å². The summed E-state index contributed by atoms with van der Waals surface area (Å²) in [5, 5.41) is 12.2. The molecule has 0 fully saturated rings. The lowest BCUT2D eigenvalue weighted by molar-refractivity contribution is -0.136. The number of carboxylic acid groups (broad SMARTS) is 1. The fourth-order valence-corrected chi connectivity index (χ4v) is 2.49. The normalized spacial score (nSPS) is 12.0. The van der Waals surface area contributed by atoms with Crippen molar-refractivity contribution in [1.29, 1.82) is 0 Å². The number of nitrogens with zero attached hydrogens (tertiary/aromatic N) is 2. The zero-order chi connectivity index (χ0) is 13.9. The molecule has 0 atom stereocenters. The van der Waals surface area contributed by atoms with Gasteiger partial charge in [0.15, 0.2) is 0 Å². The summed E-state index contributed by atoms with van der Waals surface area (Å²) in [6, 6.07) is 0. The van der Waals surface area contributed by atoms with E-state index in [9.17, 15) is 13.2 Å². The largest absolute Gasteiger partial charge is 0.481 e. The Labute approximate surface area is 105 Å². The molecule has 1 aromatic rings. The van der Waals surface area contributed by atoms with E-state index in [1.54, 1.807) is 13.8 Å². The van der Waals surface area contributed by atoms with Gasteiger partial charge in [0, 0.05) is 19.2 Å². The smallest absolute Gasteiger partial charge is 0.304 e. The van der Waals surface area contributed by atoms with E-state index in [1.165, 1.54) is 7.05 Å². The van der Waals surface area contributed by atoms with Gasteiger partial charge >= 0.3 is 5.97 Å². The minimum absolute atomic E-state index is 0.128. The predicted molar refractivity (Wildman–Crippen MR) is 63.5 cm³/mol. The van der Waals surface area contributed by atoms with Gasteiger partial charge in [0.05, 0.1) is 17.9 Å². The number of hydrogen-bond donors (Lipinski definition) is 1. The van der Waals surface area contributed by atoms with Gasteiger partial charge in [-0.3, -0.25) is 4.79 Å². The fourth-order valence-electron chi connectivity index (χ4n) is 1.42. The first-order valence-corrected chi connectivity index (χ1v) is 6.92. The molecule has 0 aliphatic carbocycles. The highest BCUT2D eigenvalue weighted by molar-refractivity contribution is 7.89. The van der Waals surface area contributed by atoms with Gasteiger partial charge < -0.3 is 9.63 Å². The first-order valence-electron chi connectivity index (χ1n) is 5.31. The third-order valence-electron chi connectivity index (χ3n) is 2.61. The average Bonchev–Trinajstić information content (AvgIpc) is 2.58. The first-order chi connectivity index (χ1) is 8.24. The number of rotatable bonds is 6. The summed E-state index contributed by atoms with van der Waals surface area (Å²) in [7, 11) is -2.18. The third-order valence-corrected chi connectivity index (χ3v) is 4.41. The highest BCUT2D eigenvalue weighted by Gasteiger charge is 2.22. The van der Waals surface area contributed by atoms with Gasteiger partial charge in [-0.15, -0.1) is 0 Å². The van der Waals surface area contributed by atoms with Crippen LogP contribution in [0.4, 0.5) is 0 Å². The van der Waals surface area contributed by atoms with Gasteiger partial charge in [0.1, 0.15) is 5.76 Å². The van der Waals surface area contributed by atoms with Crippen molar-refractivity contribution in [2.24, 2.45) is 0 Å². The minimum Gasteiger partial charge on any atom is -0.481 e. The summed E-state index contributed by atoms with van der Waals surface area (Å²) in [5.41, 5.74) is 1.34. The molecule has 1 rings (SSSR count). The van der Waals surface area contributed by atoms with Crippen molar-refractivity contribution < 1.29 is 22.8 Å². The van der Waals surface area contributed by atoms with Crippen molar-refractivity contribution in [3.8, 4) is 0 Å². The molecule has 7 nitrogen and oxygen atoms in total. The van der Waals surface area contributed by atoms with Crippen LogP contribution in [0.1, 0.15) is 23.4 Å². The molecular weight excluding hydrogens is 260 g/mol. The van der Waals surface area contributed by atoms with Crippen LogP contribution in [-0.4, -0.2) is 41.8 Å². The van der Waals surface area contributed by atoms with Gasteiger partial charge in [-0.2, -0.15) is 0 Å². The molecule has 0 bridgehead atoms. The molecule has 1 aromatic heterocycles. The maximum Gasteiger partial charge on any atom is 0.304 e. The Bertz CT molecular complexity index is 515. The Morgan fingerprint density at radius 3 is 2.50 bits per heavy atom. The maximum atomic E-state index is 11.8. The number of hydrogen-bond acceptors (Lipinski definition) is 5. The number of carboxylic acids is 1. The van der Waals surface area contributed by atoms with Crippen LogP contribution in [-0.2, 0) is 21.4 Å². The van der Waals surface area contributed by atoms with Crippen molar-refractivity contribution in [2.45, 2.75) is 26.8 Å². The van der Waals surface area contributed by atoms with Gasteiger partial charge in [-0.25, -0.2) is 12.7 Å². The van der Waals surface area contributed by atoms with Crippen molar-refractivity contribution in [2.75, 3.05) is 12.8 Å². The maximum absolute atomic E-state index is 11.8. The number of aromatic nitrogens is 1. The summed E-state index contributed by atoms with van der Waals surface area (Å²) in [5.74, 6) is -0.987. The van der Waals surface area contributed by atoms with E-state index in [1.807, 2.05) is 0 Å². The summed E-state index contributed by atoms with van der Waals surface area (Å²) >= 11 is 0. The topological polar surface area (TPSA) is 101 Å². The van der Waals surface area contributed by atoms with E-state index in [0.717, 1.165) is 4.31 Å². The van der Waals surface area contributed by atoms with Gasteiger partial charge in [0.25, 0.3) is 0 Å². The van der Waals surface area contributed by atoms with Crippen LogP contribution in [0.15, 0.2) is 4.52 Å².